The summed E-state index contributed by atoms with van der Waals surface area (Å²) < 4.78 is 5.26. The molecule has 36 heavy (non-hydrogen) atoms. The molecule has 0 bridgehead atoms. The first-order valence-electron chi connectivity index (χ1n) is 11.7. The van der Waals surface area contributed by atoms with Crippen molar-refractivity contribution in [2.24, 2.45) is 0 Å². The molecule has 188 valence electrons. The van der Waals surface area contributed by atoms with Gasteiger partial charge in [0.1, 0.15) is 18.0 Å². The van der Waals surface area contributed by atoms with Crippen LogP contribution >= 0.6 is 11.3 Å². The summed E-state index contributed by atoms with van der Waals surface area (Å²) in [7, 11) is 1.60. The highest BCUT2D eigenvalue weighted by Gasteiger charge is 2.27. The van der Waals surface area contributed by atoms with Crippen LogP contribution < -0.4 is 10.1 Å². The molecule has 2 aromatic carbocycles. The lowest BCUT2D eigenvalue weighted by Gasteiger charge is -2.35. The number of amides is 3. The standard InChI is InChI=1S/C26H29N5O4S/c1-19(32)29-11-13-30(14-12-29)24(33)17-31(16-20-7-4-3-5-8-20)25(34)23-18-36-26(28-23)27-21-9-6-10-22(15-21)35-2/h3-10,15,18H,11-14,16-17H2,1-2H3,(H,27,28). The van der Waals surface area contributed by atoms with E-state index in [4.69, 9.17) is 4.74 Å². The van der Waals surface area contributed by atoms with E-state index in [0.29, 0.717) is 37.1 Å². The molecule has 0 radical (unpaired) electrons. The molecular formula is C26H29N5O4S. The second kappa shape index (κ2) is 11.7. The Morgan fingerprint density at radius 1 is 1.03 bits per heavy atom. The number of hydrogen-bond donors (Lipinski definition) is 1. The lowest BCUT2D eigenvalue weighted by Crippen LogP contribution is -2.52. The summed E-state index contributed by atoms with van der Waals surface area (Å²) in [5, 5.41) is 5.46. The number of anilines is 2. The molecule has 2 heterocycles. The number of aromatic nitrogens is 1. The van der Waals surface area contributed by atoms with E-state index in [1.54, 1.807) is 22.3 Å². The molecule has 0 saturated carbocycles. The molecule has 9 nitrogen and oxygen atoms in total. The molecule has 1 aliphatic heterocycles. The SMILES string of the molecule is COc1cccc(Nc2nc(C(=O)N(CC(=O)N3CCN(C(C)=O)CC3)Cc3ccccc3)cs2)c1. The van der Waals surface area contributed by atoms with Gasteiger partial charge < -0.3 is 24.8 Å². The molecule has 1 N–H and O–H groups in total. The minimum atomic E-state index is -0.315. The van der Waals surface area contributed by atoms with Gasteiger partial charge in [0.15, 0.2) is 5.13 Å². The summed E-state index contributed by atoms with van der Waals surface area (Å²) in [6.07, 6.45) is 0. The molecule has 1 aromatic heterocycles. The average Bonchev–Trinajstić information content (AvgIpc) is 3.37. The number of rotatable bonds is 8. The zero-order valence-corrected chi connectivity index (χ0v) is 21.2. The fraction of sp³-hybridized carbons (Fsp3) is 0.308. The van der Waals surface area contributed by atoms with E-state index in [2.05, 4.69) is 10.3 Å². The number of hydrogen-bond acceptors (Lipinski definition) is 7. The summed E-state index contributed by atoms with van der Waals surface area (Å²) >= 11 is 1.32. The van der Waals surface area contributed by atoms with E-state index in [-0.39, 0.29) is 36.5 Å². The maximum Gasteiger partial charge on any atom is 0.274 e. The van der Waals surface area contributed by atoms with Gasteiger partial charge in [0, 0.05) is 56.8 Å². The predicted molar refractivity (Wildman–Crippen MR) is 138 cm³/mol. The van der Waals surface area contributed by atoms with E-state index in [9.17, 15) is 14.4 Å². The van der Waals surface area contributed by atoms with Crippen LogP contribution in [0.5, 0.6) is 5.75 Å². The number of benzene rings is 2. The van der Waals surface area contributed by atoms with Crippen LogP contribution in [0.1, 0.15) is 23.0 Å². The number of thiazole rings is 1. The van der Waals surface area contributed by atoms with Crippen molar-refractivity contribution in [2.45, 2.75) is 13.5 Å². The van der Waals surface area contributed by atoms with Gasteiger partial charge in [-0.05, 0) is 17.7 Å². The quantitative estimate of drug-likeness (QED) is 0.503. The third kappa shape index (κ3) is 6.39. The van der Waals surface area contributed by atoms with Crippen molar-refractivity contribution in [1.29, 1.82) is 0 Å². The van der Waals surface area contributed by atoms with Crippen LogP contribution in [0.3, 0.4) is 0 Å². The van der Waals surface area contributed by atoms with Crippen LogP contribution in [0.25, 0.3) is 0 Å². The highest BCUT2D eigenvalue weighted by molar-refractivity contribution is 7.14. The molecule has 1 saturated heterocycles. The summed E-state index contributed by atoms with van der Waals surface area (Å²) in [5.41, 5.74) is 1.99. The lowest BCUT2D eigenvalue weighted by molar-refractivity contribution is -0.138. The molecule has 0 atom stereocenters. The van der Waals surface area contributed by atoms with Gasteiger partial charge in [-0.3, -0.25) is 14.4 Å². The van der Waals surface area contributed by atoms with Crippen molar-refractivity contribution in [1.82, 2.24) is 19.7 Å². The Bertz CT molecular complexity index is 1210. The molecule has 0 aliphatic carbocycles. The molecule has 3 aromatic rings. The summed E-state index contributed by atoms with van der Waals surface area (Å²) in [5.74, 6) is 0.256. The smallest absolute Gasteiger partial charge is 0.274 e. The van der Waals surface area contributed by atoms with Crippen molar-refractivity contribution in [3.63, 3.8) is 0 Å². The van der Waals surface area contributed by atoms with Crippen LogP contribution in [0, 0.1) is 0 Å². The topological polar surface area (TPSA) is 95.1 Å². The van der Waals surface area contributed by atoms with Gasteiger partial charge in [-0.2, -0.15) is 0 Å². The second-order valence-electron chi connectivity index (χ2n) is 8.43. The Hall–Kier alpha value is -3.92. The Kier molecular flexibility index (Phi) is 8.17. The molecular weight excluding hydrogens is 478 g/mol. The van der Waals surface area contributed by atoms with E-state index < -0.39 is 0 Å². The van der Waals surface area contributed by atoms with Crippen LogP contribution in [0.15, 0.2) is 60.0 Å². The van der Waals surface area contributed by atoms with Gasteiger partial charge in [0.2, 0.25) is 11.8 Å². The monoisotopic (exact) mass is 507 g/mol. The Morgan fingerprint density at radius 2 is 1.75 bits per heavy atom. The normalized spacial score (nSPS) is 13.3. The number of ether oxygens (including phenoxy) is 1. The summed E-state index contributed by atoms with van der Waals surface area (Å²) in [6.45, 7) is 3.66. The van der Waals surface area contributed by atoms with Gasteiger partial charge in [-0.1, -0.05) is 36.4 Å². The minimum Gasteiger partial charge on any atom is -0.497 e. The highest BCUT2D eigenvalue weighted by atomic mass is 32.1. The van der Waals surface area contributed by atoms with E-state index in [0.717, 1.165) is 11.3 Å². The van der Waals surface area contributed by atoms with Gasteiger partial charge in [0.05, 0.1) is 7.11 Å². The van der Waals surface area contributed by atoms with Crippen molar-refractivity contribution in [2.75, 3.05) is 45.2 Å². The fourth-order valence-electron chi connectivity index (χ4n) is 3.95. The van der Waals surface area contributed by atoms with E-state index in [1.807, 2.05) is 54.6 Å². The Balaban J connectivity index is 1.47. The molecule has 1 fully saturated rings. The van der Waals surface area contributed by atoms with Crippen molar-refractivity contribution < 1.29 is 19.1 Å². The summed E-state index contributed by atoms with van der Waals surface area (Å²) in [6, 6.07) is 17.0. The number of methoxy groups -OCH3 is 1. The molecule has 0 spiro atoms. The maximum absolute atomic E-state index is 13.5. The van der Waals surface area contributed by atoms with Crippen molar-refractivity contribution >= 4 is 39.9 Å². The number of piperazine rings is 1. The van der Waals surface area contributed by atoms with Crippen LogP contribution in [0.4, 0.5) is 10.8 Å². The maximum atomic E-state index is 13.5. The number of carbonyl (C=O) groups is 3. The third-order valence-corrected chi connectivity index (χ3v) is 6.71. The average molecular weight is 508 g/mol. The zero-order valence-electron chi connectivity index (χ0n) is 20.3. The predicted octanol–water partition coefficient (Wildman–Crippen LogP) is 3.23. The molecule has 0 unspecified atom stereocenters. The first-order valence-corrected chi connectivity index (χ1v) is 12.5. The Labute approximate surface area is 214 Å². The van der Waals surface area contributed by atoms with Crippen molar-refractivity contribution in [3.8, 4) is 5.75 Å². The first-order chi connectivity index (χ1) is 17.4. The third-order valence-electron chi connectivity index (χ3n) is 5.95. The number of carbonyl (C=O) groups excluding carboxylic acids is 3. The second-order valence-corrected chi connectivity index (χ2v) is 9.29. The largest absolute Gasteiger partial charge is 0.497 e. The van der Waals surface area contributed by atoms with Crippen LogP contribution in [0.2, 0.25) is 0 Å². The van der Waals surface area contributed by atoms with E-state index >= 15 is 0 Å². The van der Waals surface area contributed by atoms with Crippen LogP contribution in [-0.4, -0.2) is 77.2 Å². The molecule has 10 heteroatoms. The minimum absolute atomic E-state index is 0.00451. The number of nitrogens with zero attached hydrogens (tertiary/aromatic N) is 4. The Morgan fingerprint density at radius 3 is 2.44 bits per heavy atom. The van der Waals surface area contributed by atoms with Gasteiger partial charge in [-0.15, -0.1) is 11.3 Å². The summed E-state index contributed by atoms with van der Waals surface area (Å²) in [4.78, 5) is 47.6. The lowest BCUT2D eigenvalue weighted by atomic mass is 10.2. The first kappa shape index (κ1) is 25.2. The zero-order chi connectivity index (χ0) is 25.5. The van der Waals surface area contributed by atoms with Gasteiger partial charge in [0.25, 0.3) is 5.91 Å². The fourth-order valence-corrected chi connectivity index (χ4v) is 4.66. The molecule has 4 rings (SSSR count). The molecule has 1 aliphatic rings. The van der Waals surface area contributed by atoms with E-state index in [1.165, 1.54) is 23.2 Å². The van der Waals surface area contributed by atoms with Crippen molar-refractivity contribution in [3.05, 3.63) is 71.2 Å². The van der Waals surface area contributed by atoms with Gasteiger partial charge >= 0.3 is 0 Å². The highest BCUT2D eigenvalue weighted by Crippen LogP contribution is 2.25. The number of nitrogens with one attached hydrogen (secondary N) is 1. The van der Waals surface area contributed by atoms with Gasteiger partial charge in [-0.25, -0.2) is 4.98 Å². The van der Waals surface area contributed by atoms with Crippen LogP contribution in [-0.2, 0) is 16.1 Å². The molecule has 3 amide bonds.